The van der Waals surface area contributed by atoms with Gasteiger partial charge in [-0.25, -0.2) is 0 Å². The molecule has 1 N–H and O–H groups in total. The molecule has 2 amide bonds. The Morgan fingerprint density at radius 3 is 2.67 bits per heavy atom. The molecule has 0 bridgehead atoms. The first-order valence-electron chi connectivity index (χ1n) is 7.72. The smallest absolute Gasteiger partial charge is 0.262 e. The van der Waals surface area contributed by atoms with E-state index in [4.69, 9.17) is 4.74 Å². The summed E-state index contributed by atoms with van der Waals surface area (Å²) in [6.07, 6.45) is 1.39. The van der Waals surface area contributed by atoms with Crippen LogP contribution in [0.4, 0.5) is 11.4 Å². The number of nitrogens with zero attached hydrogens (tertiary/aromatic N) is 1. The quantitative estimate of drug-likeness (QED) is 0.850. The van der Waals surface area contributed by atoms with Gasteiger partial charge in [-0.3, -0.25) is 9.59 Å². The van der Waals surface area contributed by atoms with Gasteiger partial charge in [0.15, 0.2) is 6.61 Å². The lowest BCUT2D eigenvalue weighted by atomic mass is 10.2. The molecule has 24 heavy (non-hydrogen) atoms. The van der Waals surface area contributed by atoms with Gasteiger partial charge in [-0.15, -0.1) is 0 Å². The van der Waals surface area contributed by atoms with E-state index in [1.54, 1.807) is 17.0 Å². The van der Waals surface area contributed by atoms with E-state index in [0.29, 0.717) is 24.4 Å². The molecule has 0 spiro atoms. The van der Waals surface area contributed by atoms with Crippen LogP contribution in [0, 0.1) is 0 Å². The number of hydrogen-bond donors (Lipinski definition) is 1. The Kier molecular flexibility index (Phi) is 5.15. The van der Waals surface area contributed by atoms with Gasteiger partial charge in [0.2, 0.25) is 5.91 Å². The zero-order chi connectivity index (χ0) is 16.9. The third-order valence-corrected chi connectivity index (χ3v) is 4.39. The summed E-state index contributed by atoms with van der Waals surface area (Å²) in [4.78, 5) is 25.8. The van der Waals surface area contributed by atoms with Gasteiger partial charge in [0.1, 0.15) is 5.75 Å². The number of rotatable bonds is 5. The van der Waals surface area contributed by atoms with Gasteiger partial charge in [0, 0.05) is 13.0 Å². The maximum absolute atomic E-state index is 12.2. The number of ether oxygens (including phenoxy) is 1. The zero-order valence-electron chi connectivity index (χ0n) is 13.0. The van der Waals surface area contributed by atoms with Crippen LogP contribution in [-0.4, -0.2) is 25.0 Å². The van der Waals surface area contributed by atoms with Crippen molar-refractivity contribution in [3.63, 3.8) is 0 Å². The molecule has 1 fully saturated rings. The summed E-state index contributed by atoms with van der Waals surface area (Å²) in [7, 11) is 0. The average molecular weight is 389 g/mol. The molecule has 1 saturated heterocycles. The van der Waals surface area contributed by atoms with E-state index in [1.165, 1.54) is 0 Å². The first-order valence-corrected chi connectivity index (χ1v) is 8.51. The minimum absolute atomic E-state index is 0.0844. The molecule has 0 saturated carbocycles. The summed E-state index contributed by atoms with van der Waals surface area (Å²) < 4.78 is 6.31. The Hall–Kier alpha value is -2.34. The summed E-state index contributed by atoms with van der Waals surface area (Å²) in [6.45, 7) is 0.573. The Labute approximate surface area is 148 Å². The van der Waals surface area contributed by atoms with Crippen LogP contribution in [0.5, 0.6) is 5.75 Å². The fourth-order valence-electron chi connectivity index (χ4n) is 2.61. The average Bonchev–Trinajstić information content (AvgIpc) is 3.00. The topological polar surface area (TPSA) is 58.6 Å². The Morgan fingerprint density at radius 1 is 1.17 bits per heavy atom. The summed E-state index contributed by atoms with van der Waals surface area (Å²) in [6, 6.07) is 14.7. The highest BCUT2D eigenvalue weighted by Crippen LogP contribution is 2.29. The third-order valence-electron chi connectivity index (χ3n) is 3.74. The van der Waals surface area contributed by atoms with Gasteiger partial charge in [-0.05, 0) is 46.6 Å². The third kappa shape index (κ3) is 3.76. The second-order valence-corrected chi connectivity index (χ2v) is 6.29. The standard InChI is InChI=1S/C18H17BrN2O3/c19-13-6-1-4-9-16(13)24-12-17(22)20-14-7-2-3-8-15(14)21-11-5-10-18(21)23/h1-4,6-9H,5,10-12H2,(H,20,22). The van der Waals surface area contributed by atoms with Crippen molar-refractivity contribution in [2.45, 2.75) is 12.8 Å². The van der Waals surface area contributed by atoms with Crippen molar-refractivity contribution in [1.29, 1.82) is 0 Å². The Bertz CT molecular complexity index is 763. The van der Waals surface area contributed by atoms with Gasteiger partial charge >= 0.3 is 0 Å². The number of nitrogens with one attached hydrogen (secondary N) is 1. The van der Waals surface area contributed by atoms with E-state index in [1.807, 2.05) is 36.4 Å². The van der Waals surface area contributed by atoms with Gasteiger partial charge in [0.25, 0.3) is 5.91 Å². The SMILES string of the molecule is O=C(COc1ccccc1Br)Nc1ccccc1N1CCCC1=O. The molecule has 0 aromatic heterocycles. The molecular formula is C18H17BrN2O3. The molecular weight excluding hydrogens is 372 g/mol. The van der Waals surface area contributed by atoms with Gasteiger partial charge < -0.3 is 15.0 Å². The number of carbonyl (C=O) groups excluding carboxylic acids is 2. The van der Waals surface area contributed by atoms with Crippen LogP contribution in [0.15, 0.2) is 53.0 Å². The number of carbonyl (C=O) groups is 2. The van der Waals surface area contributed by atoms with Crippen molar-refractivity contribution in [2.24, 2.45) is 0 Å². The van der Waals surface area contributed by atoms with Crippen LogP contribution in [0.1, 0.15) is 12.8 Å². The predicted octanol–water partition coefficient (Wildman–Crippen LogP) is 3.59. The van der Waals surface area contributed by atoms with Gasteiger partial charge in [0.05, 0.1) is 15.8 Å². The molecule has 3 rings (SSSR count). The summed E-state index contributed by atoms with van der Waals surface area (Å²) in [5, 5.41) is 2.82. The van der Waals surface area contributed by atoms with Crippen molar-refractivity contribution in [1.82, 2.24) is 0 Å². The largest absolute Gasteiger partial charge is 0.483 e. The molecule has 0 radical (unpaired) electrons. The van der Waals surface area contributed by atoms with Crippen molar-refractivity contribution in [3.05, 3.63) is 53.0 Å². The van der Waals surface area contributed by atoms with Crippen LogP contribution in [0.25, 0.3) is 0 Å². The normalized spacial score (nSPS) is 13.9. The lowest BCUT2D eigenvalue weighted by Crippen LogP contribution is -2.26. The van der Waals surface area contributed by atoms with Crippen LogP contribution >= 0.6 is 15.9 Å². The van der Waals surface area contributed by atoms with Crippen LogP contribution in [0.2, 0.25) is 0 Å². The summed E-state index contributed by atoms with van der Waals surface area (Å²) >= 11 is 3.38. The molecule has 2 aromatic rings. The van der Waals surface area contributed by atoms with Crippen LogP contribution in [0.3, 0.4) is 0 Å². The predicted molar refractivity (Wildman–Crippen MR) is 96.3 cm³/mol. The number of benzene rings is 2. The fraction of sp³-hybridized carbons (Fsp3) is 0.222. The molecule has 0 aliphatic carbocycles. The number of anilines is 2. The highest BCUT2D eigenvalue weighted by atomic mass is 79.9. The first kappa shape index (κ1) is 16.5. The molecule has 1 aliphatic heterocycles. The maximum Gasteiger partial charge on any atom is 0.262 e. The molecule has 124 valence electrons. The van der Waals surface area contributed by atoms with Gasteiger partial charge in [-0.1, -0.05) is 24.3 Å². The fourth-order valence-corrected chi connectivity index (χ4v) is 3.01. The summed E-state index contributed by atoms with van der Waals surface area (Å²) in [5.74, 6) is 0.418. The minimum atomic E-state index is -0.273. The van der Waals surface area contributed by atoms with Crippen LogP contribution in [-0.2, 0) is 9.59 Å². The molecule has 0 unspecified atom stereocenters. The lowest BCUT2D eigenvalue weighted by Gasteiger charge is -2.20. The van der Waals surface area contributed by atoms with Crippen molar-refractivity contribution in [3.8, 4) is 5.75 Å². The zero-order valence-corrected chi connectivity index (χ0v) is 14.6. The highest BCUT2D eigenvalue weighted by molar-refractivity contribution is 9.10. The van der Waals surface area contributed by atoms with E-state index in [2.05, 4.69) is 21.2 Å². The molecule has 1 heterocycles. The van der Waals surface area contributed by atoms with Crippen molar-refractivity contribution >= 4 is 39.1 Å². The number of amides is 2. The van der Waals surface area contributed by atoms with Crippen molar-refractivity contribution in [2.75, 3.05) is 23.4 Å². The van der Waals surface area contributed by atoms with Crippen molar-refractivity contribution < 1.29 is 14.3 Å². The van der Waals surface area contributed by atoms with E-state index < -0.39 is 0 Å². The molecule has 6 heteroatoms. The second kappa shape index (κ2) is 7.49. The monoisotopic (exact) mass is 388 g/mol. The summed E-state index contributed by atoms with van der Waals surface area (Å²) in [5.41, 5.74) is 1.35. The Morgan fingerprint density at radius 2 is 1.92 bits per heavy atom. The second-order valence-electron chi connectivity index (χ2n) is 5.43. The van der Waals surface area contributed by atoms with E-state index in [9.17, 15) is 9.59 Å². The van der Waals surface area contributed by atoms with E-state index >= 15 is 0 Å². The maximum atomic E-state index is 12.2. The molecule has 5 nitrogen and oxygen atoms in total. The number of halogens is 1. The highest BCUT2D eigenvalue weighted by Gasteiger charge is 2.24. The van der Waals surface area contributed by atoms with Gasteiger partial charge in [-0.2, -0.15) is 0 Å². The van der Waals surface area contributed by atoms with E-state index in [0.717, 1.165) is 16.6 Å². The van der Waals surface area contributed by atoms with E-state index in [-0.39, 0.29) is 18.4 Å². The molecule has 2 aromatic carbocycles. The lowest BCUT2D eigenvalue weighted by molar-refractivity contribution is -0.118. The minimum Gasteiger partial charge on any atom is -0.483 e. The number of hydrogen-bond acceptors (Lipinski definition) is 3. The van der Waals surface area contributed by atoms with Crippen LogP contribution < -0.4 is 15.0 Å². The Balaban J connectivity index is 1.66. The molecule has 0 atom stereocenters. The first-order chi connectivity index (χ1) is 11.6. The number of para-hydroxylation sites is 3. The molecule has 1 aliphatic rings.